The molecule has 21 heavy (non-hydrogen) atoms. The number of rotatable bonds is 3. The summed E-state index contributed by atoms with van der Waals surface area (Å²) in [5.41, 5.74) is 0.744. The highest BCUT2D eigenvalue weighted by Crippen LogP contribution is 2.28. The molecule has 2 N–H and O–H groups in total. The van der Waals surface area contributed by atoms with Crippen molar-refractivity contribution in [2.24, 2.45) is 11.8 Å². The average Bonchev–Trinajstić information content (AvgIpc) is 2.92. The number of aromatic nitrogens is 2. The van der Waals surface area contributed by atoms with Crippen molar-refractivity contribution < 1.29 is 9.53 Å². The molecule has 2 aromatic rings. The monoisotopic (exact) mass is 307 g/mol. The number of benzene rings is 1. The van der Waals surface area contributed by atoms with Crippen LogP contribution >= 0.6 is 11.6 Å². The van der Waals surface area contributed by atoms with Gasteiger partial charge < -0.3 is 10.1 Å². The van der Waals surface area contributed by atoms with Gasteiger partial charge in [-0.2, -0.15) is 5.10 Å². The van der Waals surface area contributed by atoms with E-state index in [1.54, 1.807) is 6.07 Å². The van der Waals surface area contributed by atoms with Crippen LogP contribution in [0.15, 0.2) is 18.2 Å². The van der Waals surface area contributed by atoms with Crippen LogP contribution in [0.5, 0.6) is 0 Å². The summed E-state index contributed by atoms with van der Waals surface area (Å²) in [5, 5.41) is 11.4. The quantitative estimate of drug-likeness (QED) is 0.915. The molecule has 1 amide bonds. The summed E-state index contributed by atoms with van der Waals surface area (Å²) in [7, 11) is 0. The van der Waals surface area contributed by atoms with Gasteiger partial charge in [0, 0.05) is 24.5 Å². The molecule has 0 spiro atoms. The SMILES string of the molecule is CC(C(=O)Nc1n[nH]c2c(Cl)cccc12)C1CCOCC1. The Morgan fingerprint density at radius 3 is 3.00 bits per heavy atom. The van der Waals surface area contributed by atoms with Gasteiger partial charge in [-0.15, -0.1) is 0 Å². The van der Waals surface area contributed by atoms with Crippen molar-refractivity contribution >= 4 is 34.2 Å². The fourth-order valence-corrected chi connectivity index (χ4v) is 2.98. The van der Waals surface area contributed by atoms with Gasteiger partial charge in [-0.1, -0.05) is 24.6 Å². The Morgan fingerprint density at radius 2 is 2.24 bits per heavy atom. The molecule has 6 heteroatoms. The largest absolute Gasteiger partial charge is 0.381 e. The summed E-state index contributed by atoms with van der Waals surface area (Å²) in [6.07, 6.45) is 1.86. The number of para-hydroxylation sites is 1. The molecule has 0 bridgehead atoms. The Bertz CT molecular complexity index is 649. The van der Waals surface area contributed by atoms with Gasteiger partial charge in [0.15, 0.2) is 5.82 Å². The first-order valence-corrected chi connectivity index (χ1v) is 7.56. The highest BCUT2D eigenvalue weighted by molar-refractivity contribution is 6.35. The second-order valence-electron chi connectivity index (χ2n) is 5.46. The molecule has 0 radical (unpaired) electrons. The first-order valence-electron chi connectivity index (χ1n) is 7.18. The highest BCUT2D eigenvalue weighted by Gasteiger charge is 2.26. The topological polar surface area (TPSA) is 67.0 Å². The van der Waals surface area contributed by atoms with Gasteiger partial charge in [-0.3, -0.25) is 9.89 Å². The summed E-state index contributed by atoms with van der Waals surface area (Å²) < 4.78 is 5.34. The van der Waals surface area contributed by atoms with Gasteiger partial charge in [0.2, 0.25) is 5.91 Å². The van der Waals surface area contributed by atoms with Crippen LogP contribution in [0.3, 0.4) is 0 Å². The molecule has 1 saturated heterocycles. The molecule has 1 unspecified atom stereocenters. The van der Waals surface area contributed by atoms with Gasteiger partial charge in [-0.25, -0.2) is 0 Å². The van der Waals surface area contributed by atoms with E-state index in [1.807, 2.05) is 19.1 Å². The minimum absolute atomic E-state index is 0.00437. The first kappa shape index (κ1) is 14.4. The van der Waals surface area contributed by atoms with Crippen LogP contribution in [0.1, 0.15) is 19.8 Å². The third kappa shape index (κ3) is 2.89. The van der Waals surface area contributed by atoms with E-state index in [1.165, 1.54) is 0 Å². The third-order valence-electron chi connectivity index (χ3n) is 4.18. The molecule has 1 aliphatic heterocycles. The molecule has 1 aromatic carbocycles. The maximum absolute atomic E-state index is 12.4. The van der Waals surface area contributed by atoms with Crippen molar-refractivity contribution in [3.8, 4) is 0 Å². The number of aromatic amines is 1. The number of halogens is 1. The zero-order valence-corrected chi connectivity index (χ0v) is 12.6. The highest BCUT2D eigenvalue weighted by atomic mass is 35.5. The Labute approximate surface area is 128 Å². The lowest BCUT2D eigenvalue weighted by molar-refractivity contribution is -0.122. The van der Waals surface area contributed by atoms with Gasteiger partial charge in [0.05, 0.1) is 10.5 Å². The summed E-state index contributed by atoms with van der Waals surface area (Å²) in [5.74, 6) is 0.846. The molecule has 3 rings (SSSR count). The van der Waals surface area contributed by atoms with E-state index < -0.39 is 0 Å². The molecular weight excluding hydrogens is 290 g/mol. The van der Waals surface area contributed by atoms with Gasteiger partial charge in [-0.05, 0) is 30.9 Å². The Kier molecular flexibility index (Phi) is 4.12. The zero-order chi connectivity index (χ0) is 14.8. The molecule has 1 atom stereocenters. The van der Waals surface area contributed by atoms with E-state index in [2.05, 4.69) is 15.5 Å². The lowest BCUT2D eigenvalue weighted by Crippen LogP contribution is -2.31. The second kappa shape index (κ2) is 6.03. The minimum atomic E-state index is -0.0557. The predicted octanol–water partition coefficient (Wildman–Crippen LogP) is 3.22. The Morgan fingerprint density at radius 1 is 1.48 bits per heavy atom. The van der Waals surface area contributed by atoms with Gasteiger partial charge >= 0.3 is 0 Å². The fourth-order valence-electron chi connectivity index (χ4n) is 2.76. The Balaban J connectivity index is 1.75. The lowest BCUT2D eigenvalue weighted by Gasteiger charge is -2.26. The molecule has 0 aliphatic carbocycles. The maximum atomic E-state index is 12.4. The van der Waals surface area contributed by atoms with Crippen molar-refractivity contribution in [2.45, 2.75) is 19.8 Å². The smallest absolute Gasteiger partial charge is 0.228 e. The van der Waals surface area contributed by atoms with Crippen LogP contribution in [-0.4, -0.2) is 29.3 Å². The molecule has 1 fully saturated rings. The van der Waals surface area contributed by atoms with E-state index in [4.69, 9.17) is 16.3 Å². The first-order chi connectivity index (χ1) is 10.2. The number of amides is 1. The number of hydrogen-bond donors (Lipinski definition) is 2. The minimum Gasteiger partial charge on any atom is -0.381 e. The molecule has 1 aliphatic rings. The number of nitrogens with zero attached hydrogens (tertiary/aromatic N) is 1. The van der Waals surface area contributed by atoms with Crippen molar-refractivity contribution in [3.05, 3.63) is 23.2 Å². The number of carbonyl (C=O) groups excluding carboxylic acids is 1. The number of carbonyl (C=O) groups is 1. The van der Waals surface area contributed by atoms with Crippen molar-refractivity contribution in [1.29, 1.82) is 0 Å². The van der Waals surface area contributed by atoms with Gasteiger partial charge in [0.1, 0.15) is 0 Å². The van der Waals surface area contributed by atoms with Crippen molar-refractivity contribution in [3.63, 3.8) is 0 Å². The second-order valence-corrected chi connectivity index (χ2v) is 5.87. The van der Waals surface area contributed by atoms with Crippen LogP contribution in [0.4, 0.5) is 5.82 Å². The number of anilines is 1. The maximum Gasteiger partial charge on any atom is 0.228 e. The normalized spacial score (nSPS) is 17.8. The van der Waals surface area contributed by atoms with Crippen molar-refractivity contribution in [2.75, 3.05) is 18.5 Å². The number of H-pyrrole nitrogens is 1. The summed E-state index contributed by atoms with van der Waals surface area (Å²) in [6.45, 7) is 3.44. The predicted molar refractivity (Wildman–Crippen MR) is 82.4 cm³/mol. The summed E-state index contributed by atoms with van der Waals surface area (Å²) >= 11 is 6.09. The molecular formula is C15H18ClN3O2. The molecule has 2 heterocycles. The number of fused-ring (bicyclic) bond motifs is 1. The summed E-state index contributed by atoms with van der Waals surface area (Å²) in [6, 6.07) is 5.52. The number of nitrogens with one attached hydrogen (secondary N) is 2. The van der Waals surface area contributed by atoms with Crippen LogP contribution < -0.4 is 5.32 Å². The Hall–Kier alpha value is -1.59. The van der Waals surface area contributed by atoms with Crippen LogP contribution in [-0.2, 0) is 9.53 Å². The van der Waals surface area contributed by atoms with E-state index in [-0.39, 0.29) is 11.8 Å². The van der Waals surface area contributed by atoms with E-state index in [0.717, 1.165) is 37.0 Å². The van der Waals surface area contributed by atoms with E-state index in [0.29, 0.717) is 16.8 Å². The standard InChI is InChI=1S/C15H18ClN3O2/c1-9(10-5-7-21-8-6-10)15(20)17-14-11-3-2-4-12(16)13(11)18-19-14/h2-4,9-10H,5-8H2,1H3,(H2,17,18,19,20). The van der Waals surface area contributed by atoms with Crippen LogP contribution in [0.25, 0.3) is 10.9 Å². The fraction of sp³-hybridized carbons (Fsp3) is 0.467. The van der Waals surface area contributed by atoms with Gasteiger partial charge in [0.25, 0.3) is 0 Å². The molecule has 0 saturated carbocycles. The van der Waals surface area contributed by atoms with E-state index in [9.17, 15) is 4.79 Å². The third-order valence-corrected chi connectivity index (χ3v) is 4.49. The van der Waals surface area contributed by atoms with Crippen LogP contribution in [0.2, 0.25) is 5.02 Å². The molecule has 5 nitrogen and oxygen atoms in total. The molecule has 112 valence electrons. The number of hydrogen-bond acceptors (Lipinski definition) is 3. The lowest BCUT2D eigenvalue weighted by atomic mass is 9.87. The number of ether oxygens (including phenoxy) is 1. The van der Waals surface area contributed by atoms with Crippen molar-refractivity contribution in [1.82, 2.24) is 10.2 Å². The van der Waals surface area contributed by atoms with E-state index >= 15 is 0 Å². The molecule has 1 aromatic heterocycles. The average molecular weight is 308 g/mol. The zero-order valence-electron chi connectivity index (χ0n) is 11.9. The van der Waals surface area contributed by atoms with Crippen LogP contribution in [0, 0.1) is 11.8 Å². The summed E-state index contributed by atoms with van der Waals surface area (Å²) in [4.78, 5) is 12.4.